The van der Waals surface area contributed by atoms with Gasteiger partial charge in [0.1, 0.15) is 5.82 Å². The van der Waals surface area contributed by atoms with Crippen LogP contribution >= 0.6 is 11.6 Å². The smallest absolute Gasteiger partial charge is 0.272 e. The molecule has 0 atom stereocenters. The highest BCUT2D eigenvalue weighted by atomic mass is 35.5. The van der Waals surface area contributed by atoms with Crippen molar-refractivity contribution in [3.8, 4) is 0 Å². The lowest BCUT2D eigenvalue weighted by molar-refractivity contribution is -0.385. The van der Waals surface area contributed by atoms with Crippen molar-refractivity contribution >= 4 is 23.2 Å². The number of nitrogens with zero attached hydrogens (tertiary/aromatic N) is 1. The number of nitro groups is 1. The van der Waals surface area contributed by atoms with E-state index < -0.39 is 22.3 Å². The largest absolute Gasteiger partial charge is 0.351 e. The summed E-state index contributed by atoms with van der Waals surface area (Å²) in [5, 5.41) is 12.7. The number of rotatable bonds is 4. The van der Waals surface area contributed by atoms with Gasteiger partial charge >= 0.3 is 0 Å². The molecule has 16 heavy (non-hydrogen) atoms. The Kier molecular flexibility index (Phi) is 4.19. The number of hydrogen-bond acceptors (Lipinski definition) is 3. The summed E-state index contributed by atoms with van der Waals surface area (Å²) in [6.45, 7) is 0.205. The first-order chi connectivity index (χ1) is 7.56. The summed E-state index contributed by atoms with van der Waals surface area (Å²) in [7, 11) is 0. The lowest BCUT2D eigenvalue weighted by atomic mass is 10.2. The van der Waals surface area contributed by atoms with Gasteiger partial charge in [0, 0.05) is 18.5 Å². The van der Waals surface area contributed by atoms with Gasteiger partial charge in [0.25, 0.3) is 11.6 Å². The topological polar surface area (TPSA) is 72.2 Å². The Morgan fingerprint density at radius 3 is 2.75 bits per heavy atom. The third-order valence-electron chi connectivity index (χ3n) is 1.79. The molecule has 7 heteroatoms. The molecule has 1 aromatic rings. The van der Waals surface area contributed by atoms with Crippen LogP contribution in [0.15, 0.2) is 18.2 Å². The zero-order chi connectivity index (χ0) is 12.1. The van der Waals surface area contributed by atoms with Crippen molar-refractivity contribution in [3.05, 3.63) is 39.7 Å². The number of carbonyl (C=O) groups excluding carboxylic acids is 1. The summed E-state index contributed by atoms with van der Waals surface area (Å²) in [5.41, 5.74) is -0.637. The van der Waals surface area contributed by atoms with Gasteiger partial charge in [0.2, 0.25) is 0 Å². The second-order valence-electron chi connectivity index (χ2n) is 2.87. The number of nitrogens with one attached hydrogen (secondary N) is 1. The fraction of sp³-hybridized carbons (Fsp3) is 0.222. The third kappa shape index (κ3) is 2.90. The van der Waals surface area contributed by atoms with Crippen molar-refractivity contribution in [1.29, 1.82) is 0 Å². The van der Waals surface area contributed by atoms with Gasteiger partial charge in [-0.05, 0) is 6.07 Å². The molecule has 0 bridgehead atoms. The second-order valence-corrected chi connectivity index (χ2v) is 3.24. The van der Waals surface area contributed by atoms with Gasteiger partial charge in [0.05, 0.1) is 16.6 Å². The van der Waals surface area contributed by atoms with E-state index in [9.17, 15) is 19.3 Å². The lowest BCUT2D eigenvalue weighted by Gasteiger charge is -2.03. The number of alkyl halides is 1. The Hall–Kier alpha value is -1.69. The fourth-order valence-corrected chi connectivity index (χ4v) is 1.15. The maximum Gasteiger partial charge on any atom is 0.272 e. The van der Waals surface area contributed by atoms with Crippen LogP contribution in [0.5, 0.6) is 0 Å². The molecule has 0 heterocycles. The van der Waals surface area contributed by atoms with Gasteiger partial charge in [-0.25, -0.2) is 4.39 Å². The van der Waals surface area contributed by atoms with Crippen molar-refractivity contribution in [1.82, 2.24) is 5.32 Å². The molecule has 0 saturated heterocycles. The standard InChI is InChI=1S/C9H8ClFN2O3/c10-3-4-12-9(14)7-2-1-6(13(15)16)5-8(7)11/h1-2,5H,3-4H2,(H,12,14). The predicted octanol–water partition coefficient (Wildman–Crippen LogP) is 1.70. The highest BCUT2D eigenvalue weighted by molar-refractivity contribution is 6.18. The highest BCUT2D eigenvalue weighted by Gasteiger charge is 2.15. The molecule has 1 amide bonds. The number of halogens is 2. The molecule has 5 nitrogen and oxygen atoms in total. The predicted molar refractivity (Wildman–Crippen MR) is 56.1 cm³/mol. The fourth-order valence-electron chi connectivity index (χ4n) is 1.06. The average Bonchev–Trinajstić information content (AvgIpc) is 2.25. The van der Waals surface area contributed by atoms with E-state index in [-0.39, 0.29) is 18.0 Å². The van der Waals surface area contributed by atoms with Crippen molar-refractivity contribution in [2.24, 2.45) is 0 Å². The summed E-state index contributed by atoms with van der Waals surface area (Å²) >= 11 is 5.34. The van der Waals surface area contributed by atoms with Gasteiger partial charge in [0.15, 0.2) is 0 Å². The van der Waals surface area contributed by atoms with Crippen molar-refractivity contribution in [2.45, 2.75) is 0 Å². The summed E-state index contributed by atoms with van der Waals surface area (Å²) in [6, 6.07) is 2.84. The lowest BCUT2D eigenvalue weighted by Crippen LogP contribution is -2.26. The second kappa shape index (κ2) is 5.41. The van der Waals surface area contributed by atoms with Crippen LogP contribution in [0.1, 0.15) is 10.4 Å². The molecule has 0 unspecified atom stereocenters. The Balaban J connectivity index is 2.90. The minimum Gasteiger partial charge on any atom is -0.351 e. The number of nitro benzene ring substituents is 1. The van der Waals surface area contributed by atoms with E-state index in [0.717, 1.165) is 12.1 Å². The van der Waals surface area contributed by atoms with Crippen LogP contribution in [0.25, 0.3) is 0 Å². The third-order valence-corrected chi connectivity index (χ3v) is 1.98. The Morgan fingerprint density at radius 2 is 2.25 bits per heavy atom. The summed E-state index contributed by atoms with van der Waals surface area (Å²) in [4.78, 5) is 20.9. The Bertz CT molecular complexity index is 425. The van der Waals surface area contributed by atoms with Crippen LogP contribution in [-0.4, -0.2) is 23.3 Å². The molecule has 0 spiro atoms. The SMILES string of the molecule is O=C(NCCCl)c1ccc([N+](=O)[O-])cc1F. The van der Waals surface area contributed by atoms with Crippen molar-refractivity contribution < 1.29 is 14.1 Å². The van der Waals surface area contributed by atoms with E-state index in [1.54, 1.807) is 0 Å². The van der Waals surface area contributed by atoms with Crippen LogP contribution in [0, 0.1) is 15.9 Å². The van der Waals surface area contributed by atoms with Crippen LogP contribution < -0.4 is 5.32 Å². The minimum absolute atomic E-state index is 0.205. The number of benzene rings is 1. The number of non-ortho nitro benzene ring substituents is 1. The number of hydrogen-bond donors (Lipinski definition) is 1. The van der Waals surface area contributed by atoms with Gasteiger partial charge in [-0.1, -0.05) is 0 Å². The summed E-state index contributed by atoms with van der Waals surface area (Å²) < 4.78 is 13.3. The molecule has 1 aromatic carbocycles. The molecule has 0 aliphatic carbocycles. The molecular formula is C9H8ClFN2O3. The van der Waals surface area contributed by atoms with Crippen LogP contribution in [0.4, 0.5) is 10.1 Å². The normalized spacial score (nSPS) is 9.88. The first kappa shape index (κ1) is 12.4. The highest BCUT2D eigenvalue weighted by Crippen LogP contribution is 2.16. The molecule has 0 aromatic heterocycles. The molecule has 0 radical (unpaired) electrons. The molecule has 1 N–H and O–H groups in total. The Morgan fingerprint density at radius 1 is 1.56 bits per heavy atom. The minimum atomic E-state index is -0.929. The van der Waals surface area contributed by atoms with E-state index >= 15 is 0 Å². The molecule has 1 rings (SSSR count). The summed E-state index contributed by atoms with van der Waals surface area (Å²) in [5.74, 6) is -1.37. The van der Waals surface area contributed by atoms with E-state index in [1.165, 1.54) is 0 Å². The van der Waals surface area contributed by atoms with Gasteiger partial charge < -0.3 is 5.32 Å². The number of amides is 1. The molecule has 0 saturated carbocycles. The Labute approximate surface area is 95.4 Å². The maximum absolute atomic E-state index is 13.3. The molecule has 0 aliphatic heterocycles. The van der Waals surface area contributed by atoms with Crippen molar-refractivity contribution in [2.75, 3.05) is 12.4 Å². The van der Waals surface area contributed by atoms with E-state index in [0.29, 0.717) is 6.07 Å². The molecule has 0 aliphatic rings. The molecule has 86 valence electrons. The maximum atomic E-state index is 13.3. The van der Waals surface area contributed by atoms with Crippen LogP contribution in [-0.2, 0) is 0 Å². The van der Waals surface area contributed by atoms with Crippen LogP contribution in [0.3, 0.4) is 0 Å². The van der Waals surface area contributed by atoms with Crippen LogP contribution in [0.2, 0.25) is 0 Å². The van der Waals surface area contributed by atoms with Gasteiger partial charge in [-0.15, -0.1) is 11.6 Å². The van der Waals surface area contributed by atoms with E-state index in [1.807, 2.05) is 0 Å². The molecular weight excluding hydrogens is 239 g/mol. The number of carbonyl (C=O) groups is 1. The van der Waals surface area contributed by atoms with Gasteiger partial charge in [-0.3, -0.25) is 14.9 Å². The summed E-state index contributed by atoms with van der Waals surface area (Å²) in [6.07, 6.45) is 0. The average molecular weight is 247 g/mol. The first-order valence-corrected chi connectivity index (χ1v) is 4.88. The quantitative estimate of drug-likeness (QED) is 0.499. The van der Waals surface area contributed by atoms with E-state index in [4.69, 9.17) is 11.6 Å². The molecule has 0 fully saturated rings. The zero-order valence-electron chi connectivity index (χ0n) is 8.07. The zero-order valence-corrected chi connectivity index (χ0v) is 8.83. The van der Waals surface area contributed by atoms with Gasteiger partial charge in [-0.2, -0.15) is 0 Å². The van der Waals surface area contributed by atoms with E-state index in [2.05, 4.69) is 5.32 Å². The monoisotopic (exact) mass is 246 g/mol. The first-order valence-electron chi connectivity index (χ1n) is 4.34. The van der Waals surface area contributed by atoms with Crippen molar-refractivity contribution in [3.63, 3.8) is 0 Å².